The first-order valence-electron chi connectivity index (χ1n) is 6.55. The van der Waals surface area contributed by atoms with E-state index in [1.165, 1.54) is 6.07 Å². The van der Waals surface area contributed by atoms with Crippen molar-refractivity contribution >= 4 is 23.1 Å². The molecule has 0 unspecified atom stereocenters. The average Bonchev–Trinajstić information content (AvgIpc) is 2.51. The van der Waals surface area contributed by atoms with Gasteiger partial charge in [0.2, 0.25) is 5.91 Å². The van der Waals surface area contributed by atoms with E-state index in [1.54, 1.807) is 31.3 Å². The van der Waals surface area contributed by atoms with Crippen molar-refractivity contribution < 1.29 is 18.4 Å². The quantitative estimate of drug-likeness (QED) is 0.658. The number of hydrogen-bond acceptors (Lipinski definition) is 3. The third kappa shape index (κ3) is 3.88. The highest BCUT2D eigenvalue weighted by molar-refractivity contribution is 6.11. The van der Waals surface area contributed by atoms with Gasteiger partial charge in [0.15, 0.2) is 17.4 Å². The van der Waals surface area contributed by atoms with E-state index in [-0.39, 0.29) is 17.9 Å². The summed E-state index contributed by atoms with van der Waals surface area (Å²) in [5, 5.41) is 5.27. The van der Waals surface area contributed by atoms with Gasteiger partial charge < -0.3 is 10.6 Å². The van der Waals surface area contributed by atoms with Crippen LogP contribution < -0.4 is 10.6 Å². The molecule has 0 bridgehead atoms. The summed E-state index contributed by atoms with van der Waals surface area (Å²) in [4.78, 5) is 23.7. The van der Waals surface area contributed by atoms with Gasteiger partial charge in [-0.2, -0.15) is 0 Å². The topological polar surface area (TPSA) is 58.2 Å². The lowest BCUT2D eigenvalue weighted by atomic mass is 10.1. The van der Waals surface area contributed by atoms with Gasteiger partial charge in [-0.05, 0) is 36.4 Å². The number of Topliss-reactive ketones (excluding diaryl/α,β-unsaturated/α-hetero) is 1. The molecule has 0 aliphatic carbocycles. The van der Waals surface area contributed by atoms with Gasteiger partial charge in [0.1, 0.15) is 0 Å². The number of carbonyl (C=O) groups excluding carboxylic acids is 2. The van der Waals surface area contributed by atoms with Crippen molar-refractivity contribution in [1.29, 1.82) is 0 Å². The van der Waals surface area contributed by atoms with Crippen molar-refractivity contribution in [3.05, 3.63) is 59.7 Å². The number of rotatable bonds is 5. The SMILES string of the molecule is CNc1ccc(C(=O)CC(=O)Nc2ccc(F)c(F)c2)cc1. The second kappa shape index (κ2) is 6.80. The largest absolute Gasteiger partial charge is 0.388 e. The Morgan fingerprint density at radius 1 is 0.955 bits per heavy atom. The first kappa shape index (κ1) is 15.6. The van der Waals surface area contributed by atoms with Crippen molar-refractivity contribution in [2.24, 2.45) is 0 Å². The molecule has 0 radical (unpaired) electrons. The predicted octanol–water partition coefficient (Wildman–Crippen LogP) is 3.22. The van der Waals surface area contributed by atoms with Crippen molar-refractivity contribution in [2.45, 2.75) is 6.42 Å². The van der Waals surface area contributed by atoms with Crippen LogP contribution in [0.3, 0.4) is 0 Å². The highest BCUT2D eigenvalue weighted by Gasteiger charge is 2.13. The summed E-state index contributed by atoms with van der Waals surface area (Å²) in [7, 11) is 1.76. The molecule has 0 aliphatic heterocycles. The molecular weight excluding hydrogens is 290 g/mol. The van der Waals surface area contributed by atoms with Crippen LogP contribution in [0.4, 0.5) is 20.2 Å². The summed E-state index contributed by atoms with van der Waals surface area (Å²) in [5.41, 5.74) is 1.35. The van der Waals surface area contributed by atoms with E-state index in [9.17, 15) is 18.4 Å². The van der Waals surface area contributed by atoms with E-state index in [0.29, 0.717) is 5.56 Å². The second-order valence-electron chi connectivity index (χ2n) is 4.60. The van der Waals surface area contributed by atoms with Crippen molar-refractivity contribution in [2.75, 3.05) is 17.7 Å². The Kier molecular flexibility index (Phi) is 4.83. The fraction of sp³-hybridized carbons (Fsp3) is 0.125. The molecule has 0 aromatic heterocycles. The number of halogens is 2. The molecule has 6 heteroatoms. The molecule has 2 rings (SSSR count). The van der Waals surface area contributed by atoms with Gasteiger partial charge in [0.25, 0.3) is 0 Å². The molecule has 1 amide bonds. The third-order valence-corrected chi connectivity index (χ3v) is 3.02. The van der Waals surface area contributed by atoms with Crippen LogP contribution in [0.15, 0.2) is 42.5 Å². The Hall–Kier alpha value is -2.76. The molecule has 4 nitrogen and oxygen atoms in total. The van der Waals surface area contributed by atoms with Gasteiger partial charge >= 0.3 is 0 Å². The fourth-order valence-electron chi connectivity index (χ4n) is 1.85. The van der Waals surface area contributed by atoms with Crippen LogP contribution in [0.2, 0.25) is 0 Å². The van der Waals surface area contributed by atoms with Gasteiger partial charge in [0.05, 0.1) is 6.42 Å². The second-order valence-corrected chi connectivity index (χ2v) is 4.60. The molecule has 0 fully saturated rings. The van der Waals surface area contributed by atoms with Gasteiger partial charge in [-0.15, -0.1) is 0 Å². The maximum Gasteiger partial charge on any atom is 0.232 e. The van der Waals surface area contributed by atoms with Crippen LogP contribution in [0.5, 0.6) is 0 Å². The zero-order valence-electron chi connectivity index (χ0n) is 11.8. The zero-order valence-corrected chi connectivity index (χ0v) is 11.8. The zero-order chi connectivity index (χ0) is 16.1. The van der Waals surface area contributed by atoms with Crippen LogP contribution in [0, 0.1) is 11.6 Å². The van der Waals surface area contributed by atoms with Crippen molar-refractivity contribution in [3.63, 3.8) is 0 Å². The summed E-state index contributed by atoms with van der Waals surface area (Å²) in [5.74, 6) is -3.01. The standard InChI is InChI=1S/C16H14F2N2O2/c1-19-11-4-2-10(3-5-11)15(21)9-16(22)20-12-6-7-13(17)14(18)8-12/h2-8,19H,9H2,1H3,(H,20,22). The Morgan fingerprint density at radius 2 is 1.59 bits per heavy atom. The number of amides is 1. The Balaban J connectivity index is 1.98. The summed E-state index contributed by atoms with van der Waals surface area (Å²) >= 11 is 0. The van der Waals surface area contributed by atoms with Crippen LogP contribution >= 0.6 is 0 Å². The minimum Gasteiger partial charge on any atom is -0.388 e. The minimum absolute atomic E-state index is 0.0993. The van der Waals surface area contributed by atoms with E-state index in [4.69, 9.17) is 0 Å². The van der Waals surface area contributed by atoms with Gasteiger partial charge in [-0.3, -0.25) is 9.59 Å². The van der Waals surface area contributed by atoms with E-state index < -0.39 is 17.5 Å². The van der Waals surface area contributed by atoms with Crippen LogP contribution in [-0.2, 0) is 4.79 Å². The van der Waals surface area contributed by atoms with Crippen LogP contribution in [0.1, 0.15) is 16.8 Å². The number of hydrogen-bond donors (Lipinski definition) is 2. The van der Waals surface area contributed by atoms with E-state index in [2.05, 4.69) is 10.6 Å². The molecule has 2 N–H and O–H groups in total. The molecule has 0 heterocycles. The number of nitrogens with one attached hydrogen (secondary N) is 2. The summed E-state index contributed by atoms with van der Waals surface area (Å²) in [6.45, 7) is 0. The molecule has 2 aromatic carbocycles. The third-order valence-electron chi connectivity index (χ3n) is 3.02. The Morgan fingerprint density at radius 3 is 2.18 bits per heavy atom. The molecule has 0 saturated carbocycles. The molecule has 0 atom stereocenters. The summed E-state index contributed by atoms with van der Waals surface area (Å²) in [6, 6.07) is 9.66. The van der Waals surface area contributed by atoms with Crippen LogP contribution in [0.25, 0.3) is 0 Å². The molecule has 0 spiro atoms. The van der Waals surface area contributed by atoms with Gasteiger partial charge in [-0.25, -0.2) is 8.78 Å². The summed E-state index contributed by atoms with van der Waals surface area (Å²) in [6.07, 6.45) is -0.377. The number of ketones is 1. The number of benzene rings is 2. The minimum atomic E-state index is -1.06. The Bertz CT molecular complexity index is 700. The number of carbonyl (C=O) groups is 2. The highest BCUT2D eigenvalue weighted by atomic mass is 19.2. The van der Waals surface area contributed by atoms with Crippen LogP contribution in [-0.4, -0.2) is 18.7 Å². The lowest BCUT2D eigenvalue weighted by molar-refractivity contribution is -0.115. The predicted molar refractivity (Wildman–Crippen MR) is 79.9 cm³/mol. The first-order valence-corrected chi connectivity index (χ1v) is 6.55. The van der Waals surface area contributed by atoms with Gasteiger partial charge in [-0.1, -0.05) is 0 Å². The normalized spacial score (nSPS) is 10.1. The van der Waals surface area contributed by atoms with Gasteiger partial charge in [0, 0.05) is 30.1 Å². The number of anilines is 2. The average molecular weight is 304 g/mol. The van der Waals surface area contributed by atoms with E-state index in [0.717, 1.165) is 17.8 Å². The molecule has 114 valence electrons. The summed E-state index contributed by atoms with van der Waals surface area (Å²) < 4.78 is 25.8. The molecule has 0 aliphatic rings. The lowest BCUT2D eigenvalue weighted by Crippen LogP contribution is -2.16. The first-order chi connectivity index (χ1) is 10.5. The monoisotopic (exact) mass is 304 g/mol. The maximum absolute atomic E-state index is 13.0. The van der Waals surface area contributed by atoms with E-state index >= 15 is 0 Å². The van der Waals surface area contributed by atoms with Crippen molar-refractivity contribution in [1.82, 2.24) is 0 Å². The molecule has 2 aromatic rings. The molecule has 22 heavy (non-hydrogen) atoms. The van der Waals surface area contributed by atoms with E-state index in [1.807, 2.05) is 0 Å². The smallest absolute Gasteiger partial charge is 0.232 e. The van der Waals surface area contributed by atoms with Crippen molar-refractivity contribution in [3.8, 4) is 0 Å². The lowest BCUT2D eigenvalue weighted by Gasteiger charge is -2.06. The molecule has 0 saturated heterocycles. The molecular formula is C16H14F2N2O2. The fourth-order valence-corrected chi connectivity index (χ4v) is 1.85. The highest BCUT2D eigenvalue weighted by Crippen LogP contribution is 2.14. The maximum atomic E-state index is 13.0. The Labute approximate surface area is 126 Å².